The zero-order valence-electron chi connectivity index (χ0n) is 21.6. The summed E-state index contributed by atoms with van der Waals surface area (Å²) in [5.74, 6) is -1.57. The topological polar surface area (TPSA) is 51.7 Å². The van der Waals surface area contributed by atoms with Crippen LogP contribution < -0.4 is 10.2 Å². The molecular weight excluding hydrogens is 588 g/mol. The highest BCUT2D eigenvalue weighted by Gasteiger charge is 2.28. The monoisotopic (exact) mass is 617 g/mol. The maximum Gasteiger partial charge on any atom is 0.253 e. The zero-order valence-corrected chi connectivity index (χ0v) is 23.9. The van der Waals surface area contributed by atoms with Gasteiger partial charge in [-0.3, -0.25) is 14.6 Å². The quantitative estimate of drug-likeness (QED) is 0.380. The van der Waals surface area contributed by atoms with E-state index < -0.39 is 11.6 Å². The SMILES string of the molecule is O=C(NCc1ccc(F)c(F)c1)c1cnc(N2CCN(C3CCN(Cc4ccc(Br)cc4)CC3)CC2)c(Cl)c1. The highest BCUT2D eigenvalue weighted by Crippen LogP contribution is 2.27. The van der Waals surface area contributed by atoms with E-state index in [0.29, 0.717) is 28.0 Å². The number of halogens is 4. The average Bonchev–Trinajstić information content (AvgIpc) is 2.95. The van der Waals surface area contributed by atoms with Crippen molar-refractivity contribution in [3.05, 3.63) is 92.5 Å². The van der Waals surface area contributed by atoms with Gasteiger partial charge in [-0.2, -0.15) is 0 Å². The Balaban J connectivity index is 1.08. The number of nitrogens with zero attached hydrogens (tertiary/aromatic N) is 4. The molecule has 3 heterocycles. The Morgan fingerprint density at radius 1 is 0.949 bits per heavy atom. The molecular formula is C29H31BrClF2N5O. The minimum absolute atomic E-state index is 0.0700. The molecule has 5 rings (SSSR count). The molecule has 1 amide bonds. The number of carbonyl (C=O) groups excluding carboxylic acids is 1. The molecule has 10 heteroatoms. The Bertz CT molecular complexity index is 1300. The molecule has 1 N–H and O–H groups in total. The highest BCUT2D eigenvalue weighted by molar-refractivity contribution is 9.10. The van der Waals surface area contributed by atoms with Crippen molar-refractivity contribution in [2.45, 2.75) is 32.0 Å². The average molecular weight is 619 g/mol. The summed E-state index contributed by atoms with van der Waals surface area (Å²) in [6, 6.07) is 14.3. The number of nitrogens with one attached hydrogen (secondary N) is 1. The molecule has 2 aliphatic heterocycles. The predicted octanol–water partition coefficient (Wildman–Crippen LogP) is 5.49. The second-order valence-corrected chi connectivity index (χ2v) is 11.4. The first-order chi connectivity index (χ1) is 18.9. The van der Waals surface area contributed by atoms with Crippen LogP contribution in [0.3, 0.4) is 0 Å². The lowest BCUT2D eigenvalue weighted by Crippen LogP contribution is -2.53. The fourth-order valence-corrected chi connectivity index (χ4v) is 5.86. The molecule has 0 atom stereocenters. The maximum atomic E-state index is 13.4. The summed E-state index contributed by atoms with van der Waals surface area (Å²) in [6.45, 7) is 6.83. The van der Waals surface area contributed by atoms with E-state index in [-0.39, 0.29) is 12.5 Å². The number of amides is 1. The Hall–Kier alpha value is -2.59. The van der Waals surface area contributed by atoms with Crippen LogP contribution in [0, 0.1) is 11.6 Å². The van der Waals surface area contributed by atoms with Crippen molar-refractivity contribution in [2.24, 2.45) is 0 Å². The highest BCUT2D eigenvalue weighted by atomic mass is 79.9. The van der Waals surface area contributed by atoms with E-state index in [4.69, 9.17) is 11.6 Å². The summed E-state index contributed by atoms with van der Waals surface area (Å²) < 4.78 is 27.6. The number of piperidine rings is 1. The van der Waals surface area contributed by atoms with Gasteiger partial charge in [0.05, 0.1) is 10.6 Å². The van der Waals surface area contributed by atoms with Crippen molar-refractivity contribution in [1.29, 1.82) is 0 Å². The van der Waals surface area contributed by atoms with Crippen LogP contribution in [-0.4, -0.2) is 66.0 Å². The van der Waals surface area contributed by atoms with Gasteiger partial charge in [0.2, 0.25) is 0 Å². The molecule has 3 aromatic rings. The summed E-state index contributed by atoms with van der Waals surface area (Å²) in [4.78, 5) is 24.3. The minimum Gasteiger partial charge on any atom is -0.353 e. The number of pyridine rings is 1. The normalized spacial score (nSPS) is 17.4. The Kier molecular flexibility index (Phi) is 9.12. The Morgan fingerprint density at radius 2 is 1.64 bits per heavy atom. The van der Waals surface area contributed by atoms with Crippen LogP contribution in [-0.2, 0) is 13.1 Å². The number of likely N-dealkylation sites (tertiary alicyclic amines) is 1. The van der Waals surface area contributed by atoms with Crippen LogP contribution in [0.25, 0.3) is 0 Å². The van der Waals surface area contributed by atoms with Gasteiger partial charge in [-0.15, -0.1) is 0 Å². The van der Waals surface area contributed by atoms with Crippen molar-refractivity contribution in [3.63, 3.8) is 0 Å². The molecule has 2 aromatic carbocycles. The summed E-state index contributed by atoms with van der Waals surface area (Å²) in [5.41, 5.74) is 2.13. The number of piperazine rings is 1. The lowest BCUT2D eigenvalue weighted by Gasteiger charge is -2.43. The van der Waals surface area contributed by atoms with E-state index >= 15 is 0 Å². The second-order valence-electron chi connectivity index (χ2n) is 10.1. The van der Waals surface area contributed by atoms with Crippen molar-refractivity contribution in [1.82, 2.24) is 20.1 Å². The summed E-state index contributed by atoms with van der Waals surface area (Å²) >= 11 is 10.0. The number of aromatic nitrogens is 1. The number of benzene rings is 2. The smallest absolute Gasteiger partial charge is 0.253 e. The Morgan fingerprint density at radius 3 is 2.31 bits per heavy atom. The first kappa shape index (κ1) is 28.0. The molecule has 6 nitrogen and oxygen atoms in total. The molecule has 2 fully saturated rings. The van der Waals surface area contributed by atoms with Gasteiger partial charge in [-0.1, -0.05) is 45.7 Å². The number of hydrogen-bond donors (Lipinski definition) is 1. The van der Waals surface area contributed by atoms with Gasteiger partial charge in [0.15, 0.2) is 11.6 Å². The van der Waals surface area contributed by atoms with E-state index in [1.54, 1.807) is 6.07 Å². The predicted molar refractivity (Wildman–Crippen MR) is 153 cm³/mol. The van der Waals surface area contributed by atoms with Crippen LogP contribution in [0.5, 0.6) is 0 Å². The molecule has 0 unspecified atom stereocenters. The minimum atomic E-state index is -0.946. The molecule has 0 bridgehead atoms. The van der Waals surface area contributed by atoms with Crippen molar-refractivity contribution < 1.29 is 13.6 Å². The third-order valence-electron chi connectivity index (χ3n) is 7.53. The fraction of sp³-hybridized carbons (Fsp3) is 0.379. The van der Waals surface area contributed by atoms with Crippen LogP contribution in [0.2, 0.25) is 5.02 Å². The lowest BCUT2D eigenvalue weighted by atomic mass is 10.0. The molecule has 0 saturated carbocycles. The van der Waals surface area contributed by atoms with Gasteiger partial charge in [0, 0.05) is 56.0 Å². The Labute approximate surface area is 241 Å². The second kappa shape index (κ2) is 12.7. The fourth-order valence-electron chi connectivity index (χ4n) is 5.31. The molecule has 2 aliphatic rings. The van der Waals surface area contributed by atoms with Gasteiger partial charge in [0.1, 0.15) is 5.82 Å². The van der Waals surface area contributed by atoms with Gasteiger partial charge in [-0.25, -0.2) is 13.8 Å². The third-order valence-corrected chi connectivity index (χ3v) is 8.33. The van der Waals surface area contributed by atoms with Gasteiger partial charge >= 0.3 is 0 Å². The molecule has 0 aliphatic carbocycles. The molecule has 206 valence electrons. The third kappa shape index (κ3) is 7.14. The van der Waals surface area contributed by atoms with Gasteiger partial charge < -0.3 is 10.2 Å². The summed E-state index contributed by atoms with van der Waals surface area (Å²) in [7, 11) is 0. The molecule has 39 heavy (non-hydrogen) atoms. The van der Waals surface area contributed by atoms with Crippen LogP contribution in [0.4, 0.5) is 14.6 Å². The van der Waals surface area contributed by atoms with E-state index in [9.17, 15) is 13.6 Å². The number of carbonyl (C=O) groups is 1. The van der Waals surface area contributed by atoms with E-state index in [2.05, 4.69) is 65.2 Å². The maximum absolute atomic E-state index is 13.4. The van der Waals surface area contributed by atoms with Crippen LogP contribution in [0.1, 0.15) is 34.3 Å². The van der Waals surface area contributed by atoms with Crippen molar-refractivity contribution in [3.8, 4) is 0 Å². The molecule has 1 aromatic heterocycles. The first-order valence-electron chi connectivity index (χ1n) is 13.2. The van der Waals surface area contributed by atoms with Crippen molar-refractivity contribution in [2.75, 3.05) is 44.2 Å². The van der Waals surface area contributed by atoms with Gasteiger partial charge in [0.25, 0.3) is 5.91 Å². The largest absolute Gasteiger partial charge is 0.353 e. The number of rotatable bonds is 7. The zero-order chi connectivity index (χ0) is 27.4. The van der Waals surface area contributed by atoms with Crippen LogP contribution in [0.15, 0.2) is 59.2 Å². The summed E-state index contributed by atoms with van der Waals surface area (Å²) in [5, 5.41) is 3.12. The van der Waals surface area contributed by atoms with E-state index in [1.165, 1.54) is 30.7 Å². The standard InChI is InChI=1S/C29H31BrClF2N5O/c30-23-4-1-20(2-5-23)19-36-9-7-24(8-10-36)37-11-13-38(14-12-37)28-25(31)16-22(18-34-28)29(39)35-17-21-3-6-26(32)27(33)15-21/h1-6,15-16,18,24H,7-14,17,19H2,(H,35,39). The summed E-state index contributed by atoms with van der Waals surface area (Å²) in [6.07, 6.45) is 3.85. The van der Waals surface area contributed by atoms with E-state index in [0.717, 1.165) is 62.4 Å². The number of hydrogen-bond acceptors (Lipinski definition) is 5. The van der Waals surface area contributed by atoms with E-state index in [1.807, 2.05) is 0 Å². The number of anilines is 1. The van der Waals surface area contributed by atoms with Crippen molar-refractivity contribution >= 4 is 39.3 Å². The molecule has 0 spiro atoms. The van der Waals surface area contributed by atoms with Crippen LogP contribution >= 0.6 is 27.5 Å². The first-order valence-corrected chi connectivity index (χ1v) is 14.4. The van der Waals surface area contributed by atoms with Gasteiger partial charge in [-0.05, 0) is 67.4 Å². The lowest BCUT2D eigenvalue weighted by molar-refractivity contribution is 0.0950. The molecule has 2 saturated heterocycles. The molecule has 0 radical (unpaired) electrons.